The van der Waals surface area contributed by atoms with Crippen LogP contribution < -0.4 is 5.32 Å². The SMILES string of the molecule is O=C1CSC(=NN=Cc2cc([N+](=O)[O-])c(O)cc2O)N1. The first-order valence-corrected chi connectivity index (χ1v) is 6.20. The number of nitro benzene ring substituents is 1. The van der Waals surface area contributed by atoms with Crippen molar-refractivity contribution in [1.29, 1.82) is 0 Å². The first-order valence-electron chi connectivity index (χ1n) is 5.21. The third-order valence-electron chi connectivity index (χ3n) is 2.25. The fraction of sp³-hybridized carbons (Fsp3) is 0.100. The zero-order valence-corrected chi connectivity index (χ0v) is 10.6. The number of phenols is 2. The fourth-order valence-electron chi connectivity index (χ4n) is 1.35. The van der Waals surface area contributed by atoms with E-state index in [2.05, 4.69) is 15.5 Å². The number of aromatic hydroxyl groups is 2. The van der Waals surface area contributed by atoms with Gasteiger partial charge in [0.2, 0.25) is 5.91 Å². The van der Waals surface area contributed by atoms with Crippen molar-refractivity contribution < 1.29 is 19.9 Å². The summed E-state index contributed by atoms with van der Waals surface area (Å²) in [6.45, 7) is 0. The fourth-order valence-corrected chi connectivity index (χ4v) is 1.99. The van der Waals surface area contributed by atoms with E-state index in [1.165, 1.54) is 11.8 Å². The number of amides is 1. The molecule has 0 saturated carbocycles. The number of carbonyl (C=O) groups is 1. The van der Waals surface area contributed by atoms with Crippen LogP contribution in [0, 0.1) is 10.1 Å². The minimum Gasteiger partial charge on any atom is -0.507 e. The molecule has 1 aromatic carbocycles. The van der Waals surface area contributed by atoms with Gasteiger partial charge < -0.3 is 15.5 Å². The van der Waals surface area contributed by atoms with Crippen molar-refractivity contribution in [3.63, 3.8) is 0 Å². The quantitative estimate of drug-likeness (QED) is 0.423. The third kappa shape index (κ3) is 3.03. The highest BCUT2D eigenvalue weighted by atomic mass is 32.2. The van der Waals surface area contributed by atoms with Gasteiger partial charge in [-0.2, -0.15) is 5.10 Å². The molecule has 10 heteroatoms. The number of benzene rings is 1. The number of nitrogens with one attached hydrogen (secondary N) is 1. The second kappa shape index (κ2) is 5.57. The number of rotatable bonds is 3. The Bertz CT molecular complexity index is 643. The van der Waals surface area contributed by atoms with E-state index in [9.17, 15) is 25.1 Å². The summed E-state index contributed by atoms with van der Waals surface area (Å²) in [7, 11) is 0. The molecule has 9 nitrogen and oxygen atoms in total. The molecule has 1 amide bonds. The molecule has 1 fully saturated rings. The average Bonchev–Trinajstić information content (AvgIpc) is 2.77. The van der Waals surface area contributed by atoms with Crippen LogP contribution in [0.15, 0.2) is 22.3 Å². The lowest BCUT2D eigenvalue weighted by Gasteiger charge is -2.00. The van der Waals surface area contributed by atoms with E-state index >= 15 is 0 Å². The Kier molecular flexibility index (Phi) is 3.84. The molecule has 1 saturated heterocycles. The van der Waals surface area contributed by atoms with Gasteiger partial charge in [-0.1, -0.05) is 11.8 Å². The van der Waals surface area contributed by atoms with Gasteiger partial charge >= 0.3 is 5.69 Å². The van der Waals surface area contributed by atoms with E-state index in [1.807, 2.05) is 0 Å². The number of phenolic OH excluding ortho intramolecular Hbond substituents is 2. The molecule has 1 aliphatic heterocycles. The highest BCUT2D eigenvalue weighted by molar-refractivity contribution is 8.15. The maximum atomic E-state index is 10.9. The lowest BCUT2D eigenvalue weighted by Crippen LogP contribution is -2.19. The van der Waals surface area contributed by atoms with E-state index in [0.717, 1.165) is 18.3 Å². The molecule has 0 unspecified atom stereocenters. The van der Waals surface area contributed by atoms with Crippen LogP contribution in [0.1, 0.15) is 5.56 Å². The third-order valence-corrected chi connectivity index (χ3v) is 3.12. The van der Waals surface area contributed by atoms with Crippen molar-refractivity contribution in [2.45, 2.75) is 0 Å². The van der Waals surface area contributed by atoms with Gasteiger partial charge in [0, 0.05) is 17.7 Å². The molecule has 20 heavy (non-hydrogen) atoms. The Morgan fingerprint density at radius 1 is 1.40 bits per heavy atom. The number of nitrogens with zero attached hydrogens (tertiary/aromatic N) is 3. The maximum Gasteiger partial charge on any atom is 0.311 e. The Labute approximate surface area is 116 Å². The molecule has 2 rings (SSSR count). The van der Waals surface area contributed by atoms with E-state index < -0.39 is 16.4 Å². The zero-order valence-electron chi connectivity index (χ0n) is 9.81. The van der Waals surface area contributed by atoms with Crippen molar-refractivity contribution in [3.05, 3.63) is 27.8 Å². The van der Waals surface area contributed by atoms with Gasteiger partial charge in [-0.15, -0.1) is 5.10 Å². The summed E-state index contributed by atoms with van der Waals surface area (Å²) in [6.07, 6.45) is 1.08. The number of hydrogen-bond acceptors (Lipinski definition) is 8. The molecule has 104 valence electrons. The maximum absolute atomic E-state index is 10.9. The second-order valence-electron chi connectivity index (χ2n) is 3.64. The van der Waals surface area contributed by atoms with Crippen LogP contribution in [0.4, 0.5) is 5.69 Å². The molecule has 0 atom stereocenters. The van der Waals surface area contributed by atoms with Gasteiger partial charge in [0.05, 0.1) is 16.9 Å². The largest absolute Gasteiger partial charge is 0.507 e. The molecule has 0 spiro atoms. The standard InChI is InChI=1S/C10H8N4O5S/c15-7-2-8(16)6(14(18)19)1-5(7)3-11-13-10-12-9(17)4-20-10/h1-3,15-16H,4H2,(H,12,13,17). The van der Waals surface area contributed by atoms with Crippen LogP contribution in [0.25, 0.3) is 0 Å². The van der Waals surface area contributed by atoms with Gasteiger partial charge in [0.15, 0.2) is 10.9 Å². The van der Waals surface area contributed by atoms with Crippen molar-refractivity contribution in [2.24, 2.45) is 10.2 Å². The lowest BCUT2D eigenvalue weighted by molar-refractivity contribution is -0.385. The highest BCUT2D eigenvalue weighted by Gasteiger charge is 2.17. The van der Waals surface area contributed by atoms with Crippen molar-refractivity contribution >= 4 is 34.7 Å². The van der Waals surface area contributed by atoms with Crippen LogP contribution in [0.2, 0.25) is 0 Å². The summed E-state index contributed by atoms with van der Waals surface area (Å²) in [4.78, 5) is 20.7. The predicted molar refractivity (Wildman–Crippen MR) is 72.1 cm³/mol. The van der Waals surface area contributed by atoms with E-state index in [1.54, 1.807) is 0 Å². The number of amidine groups is 1. The Balaban J connectivity index is 2.23. The number of hydrogen-bond donors (Lipinski definition) is 3. The minimum atomic E-state index is -0.787. The van der Waals surface area contributed by atoms with Gasteiger partial charge in [0.25, 0.3) is 0 Å². The van der Waals surface area contributed by atoms with Gasteiger partial charge in [-0.3, -0.25) is 14.9 Å². The minimum absolute atomic E-state index is 0.0215. The van der Waals surface area contributed by atoms with Crippen molar-refractivity contribution in [1.82, 2.24) is 5.32 Å². The summed E-state index contributed by atoms with van der Waals surface area (Å²) in [5.74, 6) is -0.952. The highest BCUT2D eigenvalue weighted by Crippen LogP contribution is 2.31. The van der Waals surface area contributed by atoms with Crippen LogP contribution in [0.3, 0.4) is 0 Å². The molecule has 3 N–H and O–H groups in total. The Morgan fingerprint density at radius 3 is 2.75 bits per heavy atom. The molecule has 1 aliphatic rings. The van der Waals surface area contributed by atoms with Crippen LogP contribution in [-0.2, 0) is 4.79 Å². The summed E-state index contributed by atoms with van der Waals surface area (Å²) in [5, 5.41) is 39.5. The zero-order chi connectivity index (χ0) is 14.7. The topological polar surface area (TPSA) is 137 Å². The molecule has 0 aliphatic carbocycles. The summed E-state index contributed by atoms with van der Waals surface area (Å²) < 4.78 is 0. The second-order valence-corrected chi connectivity index (χ2v) is 4.61. The van der Waals surface area contributed by atoms with Crippen molar-refractivity contribution in [2.75, 3.05) is 5.75 Å². The number of thioether (sulfide) groups is 1. The van der Waals surface area contributed by atoms with E-state index in [-0.39, 0.29) is 23.0 Å². The predicted octanol–water partition coefficient (Wildman–Crippen LogP) is 0.559. The lowest BCUT2D eigenvalue weighted by atomic mass is 10.2. The number of carbonyl (C=O) groups excluding carboxylic acids is 1. The summed E-state index contributed by atoms with van der Waals surface area (Å²) in [6, 6.07) is 1.81. The molecule has 0 bridgehead atoms. The molecule has 1 aromatic rings. The molecule has 0 aromatic heterocycles. The van der Waals surface area contributed by atoms with Crippen LogP contribution >= 0.6 is 11.8 Å². The first kappa shape index (κ1) is 13.8. The van der Waals surface area contributed by atoms with Gasteiger partial charge in [0.1, 0.15) is 5.75 Å². The Hall–Kier alpha value is -2.62. The smallest absolute Gasteiger partial charge is 0.311 e. The van der Waals surface area contributed by atoms with Gasteiger partial charge in [-0.25, -0.2) is 0 Å². The summed E-state index contributed by atoms with van der Waals surface area (Å²) in [5.41, 5.74) is -0.534. The Morgan fingerprint density at radius 2 is 2.15 bits per heavy atom. The normalized spacial score (nSPS) is 16.8. The summed E-state index contributed by atoms with van der Waals surface area (Å²) >= 11 is 1.17. The average molecular weight is 296 g/mol. The molecule has 0 radical (unpaired) electrons. The van der Waals surface area contributed by atoms with Crippen molar-refractivity contribution in [3.8, 4) is 11.5 Å². The van der Waals surface area contributed by atoms with Gasteiger partial charge in [-0.05, 0) is 0 Å². The number of nitro groups is 1. The molecular weight excluding hydrogens is 288 g/mol. The van der Waals surface area contributed by atoms with E-state index in [4.69, 9.17) is 0 Å². The molecular formula is C10H8N4O5S. The van der Waals surface area contributed by atoms with Crippen LogP contribution in [0.5, 0.6) is 11.5 Å². The first-order chi connectivity index (χ1) is 9.47. The molecule has 1 heterocycles. The van der Waals surface area contributed by atoms with Crippen LogP contribution in [-0.4, -0.2) is 38.2 Å². The van der Waals surface area contributed by atoms with E-state index in [0.29, 0.717) is 5.17 Å². The monoisotopic (exact) mass is 296 g/mol.